The quantitative estimate of drug-likeness (QED) is 0.793. The summed E-state index contributed by atoms with van der Waals surface area (Å²) < 4.78 is 25.6. The van der Waals surface area contributed by atoms with Crippen molar-refractivity contribution in [3.63, 3.8) is 0 Å². The third kappa shape index (κ3) is 5.12. The molecule has 0 saturated heterocycles. The maximum atomic E-state index is 11.6. The van der Waals surface area contributed by atoms with Crippen LogP contribution in [0.3, 0.4) is 0 Å². The highest BCUT2D eigenvalue weighted by Crippen LogP contribution is 2.25. The van der Waals surface area contributed by atoms with Crippen LogP contribution < -0.4 is 4.72 Å². The van der Waals surface area contributed by atoms with E-state index in [-0.39, 0.29) is 12.4 Å². The van der Waals surface area contributed by atoms with E-state index in [1.807, 2.05) is 0 Å². The first-order valence-electron chi connectivity index (χ1n) is 5.01. The van der Waals surface area contributed by atoms with Crippen molar-refractivity contribution < 1.29 is 13.5 Å². The Bertz CT molecular complexity index is 476. The van der Waals surface area contributed by atoms with Gasteiger partial charge in [0.1, 0.15) is 0 Å². The first-order valence-corrected chi connectivity index (χ1v) is 7.42. The van der Waals surface area contributed by atoms with Crippen LogP contribution in [-0.4, -0.2) is 25.9 Å². The number of sulfonamides is 1. The van der Waals surface area contributed by atoms with Crippen LogP contribution in [0.4, 0.5) is 5.69 Å². The zero-order valence-corrected chi connectivity index (χ0v) is 11.3. The molecular weight excluding hydrogens is 285 g/mol. The van der Waals surface area contributed by atoms with Gasteiger partial charge in [-0.05, 0) is 31.0 Å². The van der Waals surface area contributed by atoms with E-state index < -0.39 is 10.0 Å². The van der Waals surface area contributed by atoms with Gasteiger partial charge in [0.05, 0.1) is 21.5 Å². The topological polar surface area (TPSA) is 66.4 Å². The third-order valence-electron chi connectivity index (χ3n) is 2.01. The SMILES string of the molecule is O=S(=O)(CCCCO)Nc1ccc(Cl)c(Cl)c1. The molecule has 17 heavy (non-hydrogen) atoms. The first-order chi connectivity index (χ1) is 7.94. The molecule has 0 bridgehead atoms. The van der Waals surface area contributed by atoms with Gasteiger partial charge in [0.15, 0.2) is 0 Å². The molecule has 0 fully saturated rings. The second-order valence-corrected chi connectivity index (χ2v) is 6.14. The summed E-state index contributed by atoms with van der Waals surface area (Å²) in [6.45, 7) is -0.0116. The van der Waals surface area contributed by atoms with Crippen LogP contribution in [-0.2, 0) is 10.0 Å². The predicted molar refractivity (Wildman–Crippen MR) is 70.2 cm³/mol. The van der Waals surface area contributed by atoms with Crippen molar-refractivity contribution in [1.82, 2.24) is 0 Å². The minimum atomic E-state index is -3.40. The molecule has 4 nitrogen and oxygen atoms in total. The van der Waals surface area contributed by atoms with Crippen molar-refractivity contribution >= 4 is 38.9 Å². The van der Waals surface area contributed by atoms with Crippen LogP contribution >= 0.6 is 23.2 Å². The molecule has 0 saturated carbocycles. The average molecular weight is 298 g/mol. The maximum Gasteiger partial charge on any atom is 0.232 e. The fourth-order valence-electron chi connectivity index (χ4n) is 1.19. The lowest BCUT2D eigenvalue weighted by atomic mass is 10.3. The summed E-state index contributed by atoms with van der Waals surface area (Å²) in [6.07, 6.45) is 0.870. The van der Waals surface area contributed by atoms with E-state index in [2.05, 4.69) is 4.72 Å². The fourth-order valence-corrected chi connectivity index (χ4v) is 2.66. The fraction of sp³-hybridized carbons (Fsp3) is 0.400. The van der Waals surface area contributed by atoms with Crippen molar-refractivity contribution in [2.75, 3.05) is 17.1 Å². The van der Waals surface area contributed by atoms with E-state index in [9.17, 15) is 8.42 Å². The Balaban J connectivity index is 2.66. The van der Waals surface area contributed by atoms with E-state index in [0.717, 1.165) is 0 Å². The number of aliphatic hydroxyl groups is 1. The lowest BCUT2D eigenvalue weighted by Gasteiger charge is -2.08. The monoisotopic (exact) mass is 297 g/mol. The number of aliphatic hydroxyl groups excluding tert-OH is 1. The summed E-state index contributed by atoms with van der Waals surface area (Å²) in [5.74, 6) is -0.0339. The van der Waals surface area contributed by atoms with Crippen LogP contribution in [0.1, 0.15) is 12.8 Å². The Morgan fingerprint density at radius 3 is 2.47 bits per heavy atom. The standard InChI is InChI=1S/C10H13Cl2NO3S/c11-9-4-3-8(7-10(9)12)13-17(15,16)6-2-1-5-14/h3-4,7,13-14H,1-2,5-6H2. The number of nitrogens with one attached hydrogen (secondary N) is 1. The zero-order chi connectivity index (χ0) is 12.9. The minimum Gasteiger partial charge on any atom is -0.396 e. The smallest absolute Gasteiger partial charge is 0.232 e. The largest absolute Gasteiger partial charge is 0.396 e. The van der Waals surface area contributed by atoms with Crippen LogP contribution in [0, 0.1) is 0 Å². The van der Waals surface area contributed by atoms with Crippen molar-refractivity contribution in [2.24, 2.45) is 0 Å². The maximum absolute atomic E-state index is 11.6. The Morgan fingerprint density at radius 1 is 1.18 bits per heavy atom. The second kappa shape index (κ2) is 6.44. The number of rotatable bonds is 6. The van der Waals surface area contributed by atoms with Crippen LogP contribution in [0.5, 0.6) is 0 Å². The van der Waals surface area contributed by atoms with Gasteiger partial charge in [0, 0.05) is 6.61 Å². The number of benzene rings is 1. The highest BCUT2D eigenvalue weighted by Gasteiger charge is 2.10. The van der Waals surface area contributed by atoms with E-state index in [4.69, 9.17) is 28.3 Å². The lowest BCUT2D eigenvalue weighted by molar-refractivity contribution is 0.287. The summed E-state index contributed by atoms with van der Waals surface area (Å²) in [5.41, 5.74) is 0.378. The molecule has 7 heteroatoms. The van der Waals surface area contributed by atoms with Gasteiger partial charge >= 0.3 is 0 Å². The highest BCUT2D eigenvalue weighted by atomic mass is 35.5. The van der Waals surface area contributed by atoms with E-state index in [1.165, 1.54) is 18.2 Å². The summed E-state index contributed by atoms with van der Waals surface area (Å²) in [6, 6.07) is 4.51. The Kier molecular flexibility index (Phi) is 5.52. The third-order valence-corrected chi connectivity index (χ3v) is 4.13. The molecule has 0 aliphatic heterocycles. The molecule has 0 aromatic heterocycles. The van der Waals surface area contributed by atoms with Crippen LogP contribution in [0.2, 0.25) is 10.0 Å². The minimum absolute atomic E-state index is 0.0116. The van der Waals surface area contributed by atoms with Crippen molar-refractivity contribution in [2.45, 2.75) is 12.8 Å². The molecule has 0 spiro atoms. The number of unbranched alkanes of at least 4 members (excludes halogenated alkanes) is 1. The Labute approximate surface area is 111 Å². The molecule has 0 amide bonds. The van der Waals surface area contributed by atoms with Crippen molar-refractivity contribution in [1.29, 1.82) is 0 Å². The Morgan fingerprint density at radius 2 is 1.88 bits per heavy atom. The lowest BCUT2D eigenvalue weighted by Crippen LogP contribution is -2.16. The first kappa shape index (κ1) is 14.6. The highest BCUT2D eigenvalue weighted by molar-refractivity contribution is 7.92. The summed E-state index contributed by atoms with van der Waals surface area (Å²) in [7, 11) is -3.40. The van der Waals surface area contributed by atoms with E-state index in [0.29, 0.717) is 28.6 Å². The van der Waals surface area contributed by atoms with Crippen LogP contribution in [0.25, 0.3) is 0 Å². The van der Waals surface area contributed by atoms with Gasteiger partial charge in [-0.1, -0.05) is 23.2 Å². The summed E-state index contributed by atoms with van der Waals surface area (Å²) in [5, 5.41) is 9.24. The number of halogens is 2. The van der Waals surface area contributed by atoms with E-state index >= 15 is 0 Å². The molecule has 1 aromatic rings. The predicted octanol–water partition coefficient (Wildman–Crippen LogP) is 2.51. The Hall–Kier alpha value is -0.490. The molecule has 0 unspecified atom stereocenters. The van der Waals surface area contributed by atoms with Gasteiger partial charge in [0.2, 0.25) is 10.0 Å². The molecule has 96 valence electrons. The van der Waals surface area contributed by atoms with Gasteiger partial charge in [0.25, 0.3) is 0 Å². The summed E-state index contributed by atoms with van der Waals surface area (Å²) in [4.78, 5) is 0. The zero-order valence-electron chi connectivity index (χ0n) is 8.99. The second-order valence-electron chi connectivity index (χ2n) is 3.48. The van der Waals surface area contributed by atoms with Gasteiger partial charge < -0.3 is 5.11 Å². The van der Waals surface area contributed by atoms with Gasteiger partial charge in [-0.2, -0.15) is 0 Å². The molecule has 1 rings (SSSR count). The molecule has 0 aliphatic rings. The normalized spacial score (nSPS) is 11.5. The molecular formula is C10H13Cl2NO3S. The van der Waals surface area contributed by atoms with E-state index in [1.54, 1.807) is 0 Å². The van der Waals surface area contributed by atoms with Crippen LogP contribution in [0.15, 0.2) is 18.2 Å². The van der Waals surface area contributed by atoms with Crippen molar-refractivity contribution in [3.05, 3.63) is 28.2 Å². The van der Waals surface area contributed by atoms with Gasteiger partial charge in [-0.3, -0.25) is 4.72 Å². The average Bonchev–Trinajstić information content (AvgIpc) is 2.23. The molecule has 0 heterocycles. The number of anilines is 1. The molecule has 2 N–H and O–H groups in total. The molecule has 1 aromatic carbocycles. The molecule has 0 atom stereocenters. The molecule has 0 aliphatic carbocycles. The van der Waals surface area contributed by atoms with Gasteiger partial charge in [-0.25, -0.2) is 8.42 Å². The molecule has 0 radical (unpaired) electrons. The van der Waals surface area contributed by atoms with Gasteiger partial charge in [-0.15, -0.1) is 0 Å². The number of hydrogen-bond donors (Lipinski definition) is 2. The summed E-state index contributed by atoms with van der Waals surface area (Å²) >= 11 is 11.5. The van der Waals surface area contributed by atoms with Crippen molar-refractivity contribution in [3.8, 4) is 0 Å². The number of hydrogen-bond acceptors (Lipinski definition) is 3.